The van der Waals surface area contributed by atoms with E-state index in [1.54, 1.807) is 0 Å². The summed E-state index contributed by atoms with van der Waals surface area (Å²) in [5.41, 5.74) is -1.11. The molecule has 12 heavy (non-hydrogen) atoms. The highest BCUT2D eigenvalue weighted by atomic mass is 16.4. The number of ketones is 1. The zero-order valence-electron chi connectivity index (χ0n) is 7.33. The minimum Gasteiger partial charge on any atom is -0.481 e. The van der Waals surface area contributed by atoms with Crippen LogP contribution >= 0.6 is 0 Å². The van der Waals surface area contributed by atoms with Crippen LogP contribution in [0.4, 0.5) is 0 Å². The van der Waals surface area contributed by atoms with E-state index in [1.807, 2.05) is 0 Å². The Labute approximate surface area is 71.2 Å². The number of aliphatic hydroxyl groups excluding tert-OH is 1. The van der Waals surface area contributed by atoms with Gasteiger partial charge in [0.05, 0.1) is 5.41 Å². The fourth-order valence-electron chi connectivity index (χ4n) is 1.07. The quantitative estimate of drug-likeness (QED) is 0.634. The highest BCUT2D eigenvalue weighted by Crippen LogP contribution is 2.26. The number of carboxylic acids is 1. The molecule has 0 rings (SSSR count). The standard InChI is InChI=1S/C8H14O4/c1-6(10)5-8(2,3-4-9)7(11)12/h9H,3-5H2,1-2H3,(H,11,12). The van der Waals surface area contributed by atoms with E-state index in [2.05, 4.69) is 0 Å². The van der Waals surface area contributed by atoms with Gasteiger partial charge in [0.1, 0.15) is 5.78 Å². The third kappa shape index (κ3) is 3.00. The van der Waals surface area contributed by atoms with Gasteiger partial charge in [-0.25, -0.2) is 0 Å². The van der Waals surface area contributed by atoms with Gasteiger partial charge in [0.25, 0.3) is 0 Å². The molecule has 0 saturated carbocycles. The molecule has 0 amide bonds. The van der Waals surface area contributed by atoms with Gasteiger partial charge >= 0.3 is 5.97 Å². The van der Waals surface area contributed by atoms with Crippen LogP contribution in [0.1, 0.15) is 26.7 Å². The molecule has 2 N–H and O–H groups in total. The molecule has 1 unspecified atom stereocenters. The molecule has 0 aromatic carbocycles. The fraction of sp³-hybridized carbons (Fsp3) is 0.750. The number of rotatable bonds is 5. The molecule has 4 nitrogen and oxygen atoms in total. The largest absolute Gasteiger partial charge is 0.481 e. The van der Waals surface area contributed by atoms with Crippen LogP contribution in [-0.4, -0.2) is 28.6 Å². The van der Waals surface area contributed by atoms with Crippen molar-refractivity contribution in [3.8, 4) is 0 Å². The Morgan fingerprint density at radius 1 is 1.42 bits per heavy atom. The number of carbonyl (C=O) groups is 2. The summed E-state index contributed by atoms with van der Waals surface area (Å²) in [5.74, 6) is -1.21. The van der Waals surface area contributed by atoms with Crippen LogP contribution < -0.4 is 0 Å². The van der Waals surface area contributed by atoms with Gasteiger partial charge in [0.15, 0.2) is 0 Å². The van der Waals surface area contributed by atoms with Crippen LogP contribution in [-0.2, 0) is 9.59 Å². The smallest absolute Gasteiger partial charge is 0.309 e. The van der Waals surface area contributed by atoms with E-state index < -0.39 is 11.4 Å². The lowest BCUT2D eigenvalue weighted by Gasteiger charge is -2.21. The maximum atomic E-state index is 10.7. The SMILES string of the molecule is CC(=O)CC(C)(CCO)C(=O)O. The molecule has 0 spiro atoms. The van der Waals surface area contributed by atoms with E-state index in [1.165, 1.54) is 13.8 Å². The predicted octanol–water partition coefficient (Wildman–Crippen LogP) is 0.439. The van der Waals surface area contributed by atoms with Gasteiger partial charge in [-0.3, -0.25) is 9.59 Å². The van der Waals surface area contributed by atoms with Crippen molar-refractivity contribution in [1.29, 1.82) is 0 Å². The Kier molecular flexibility index (Phi) is 3.89. The summed E-state index contributed by atoms with van der Waals surface area (Å²) in [6.07, 6.45) is 0.0881. The third-order valence-corrected chi connectivity index (χ3v) is 1.82. The Morgan fingerprint density at radius 2 is 1.92 bits per heavy atom. The van der Waals surface area contributed by atoms with Crippen molar-refractivity contribution >= 4 is 11.8 Å². The Balaban J connectivity index is 4.38. The van der Waals surface area contributed by atoms with Gasteiger partial charge in [-0.1, -0.05) is 0 Å². The molecule has 0 saturated heterocycles. The molecule has 70 valence electrons. The van der Waals surface area contributed by atoms with E-state index in [-0.39, 0.29) is 25.2 Å². The summed E-state index contributed by atoms with van der Waals surface area (Å²) < 4.78 is 0. The number of carbonyl (C=O) groups excluding carboxylic acids is 1. The van der Waals surface area contributed by atoms with E-state index in [0.29, 0.717) is 0 Å². The molecule has 0 radical (unpaired) electrons. The normalized spacial score (nSPS) is 15.2. The molecule has 0 fully saturated rings. The average Bonchev–Trinajstić information content (AvgIpc) is 1.85. The van der Waals surface area contributed by atoms with Gasteiger partial charge in [0.2, 0.25) is 0 Å². The lowest BCUT2D eigenvalue weighted by molar-refractivity contribution is -0.151. The fourth-order valence-corrected chi connectivity index (χ4v) is 1.07. The maximum Gasteiger partial charge on any atom is 0.309 e. The van der Waals surface area contributed by atoms with E-state index in [9.17, 15) is 9.59 Å². The molecule has 0 bridgehead atoms. The number of carboxylic acid groups (broad SMARTS) is 1. The second kappa shape index (κ2) is 4.21. The maximum absolute atomic E-state index is 10.7. The first kappa shape index (κ1) is 11.1. The topological polar surface area (TPSA) is 74.6 Å². The number of Topliss-reactive ketones (excluding diaryl/α,β-unsaturated/α-hetero) is 1. The molecule has 0 aliphatic heterocycles. The summed E-state index contributed by atoms with van der Waals surface area (Å²) in [6.45, 7) is 2.60. The van der Waals surface area contributed by atoms with Gasteiger partial charge in [-0.15, -0.1) is 0 Å². The van der Waals surface area contributed by atoms with Crippen molar-refractivity contribution in [2.24, 2.45) is 5.41 Å². The number of hydrogen-bond acceptors (Lipinski definition) is 3. The van der Waals surface area contributed by atoms with Crippen LogP contribution in [0, 0.1) is 5.41 Å². The molecular formula is C8H14O4. The van der Waals surface area contributed by atoms with Gasteiger partial charge in [-0.2, -0.15) is 0 Å². The lowest BCUT2D eigenvalue weighted by atomic mass is 9.82. The first-order valence-electron chi connectivity index (χ1n) is 3.76. The van der Waals surface area contributed by atoms with Crippen molar-refractivity contribution in [3.63, 3.8) is 0 Å². The van der Waals surface area contributed by atoms with Crippen LogP contribution in [0.3, 0.4) is 0 Å². The number of hydrogen-bond donors (Lipinski definition) is 2. The molecule has 0 aliphatic carbocycles. The summed E-state index contributed by atoms with van der Waals surface area (Å²) in [6, 6.07) is 0. The highest BCUT2D eigenvalue weighted by Gasteiger charge is 2.33. The van der Waals surface area contributed by atoms with Crippen molar-refractivity contribution in [3.05, 3.63) is 0 Å². The molecular weight excluding hydrogens is 160 g/mol. The molecule has 1 atom stereocenters. The van der Waals surface area contributed by atoms with E-state index >= 15 is 0 Å². The second-order valence-electron chi connectivity index (χ2n) is 3.22. The molecule has 4 heteroatoms. The van der Waals surface area contributed by atoms with Crippen molar-refractivity contribution in [2.75, 3.05) is 6.61 Å². The van der Waals surface area contributed by atoms with Crippen molar-refractivity contribution in [2.45, 2.75) is 26.7 Å². The molecule has 0 aliphatic rings. The molecule has 0 heterocycles. The van der Waals surface area contributed by atoms with E-state index in [0.717, 1.165) is 0 Å². The zero-order valence-corrected chi connectivity index (χ0v) is 7.33. The van der Waals surface area contributed by atoms with Crippen LogP contribution in [0.25, 0.3) is 0 Å². The Morgan fingerprint density at radius 3 is 2.17 bits per heavy atom. The Bertz CT molecular complexity index is 187. The number of aliphatic carboxylic acids is 1. The Hall–Kier alpha value is -0.900. The van der Waals surface area contributed by atoms with E-state index in [4.69, 9.17) is 10.2 Å². The number of aliphatic hydroxyl groups is 1. The summed E-state index contributed by atoms with van der Waals surface area (Å²) in [4.78, 5) is 21.4. The minimum absolute atomic E-state index is 0.0249. The first-order valence-corrected chi connectivity index (χ1v) is 3.76. The van der Waals surface area contributed by atoms with Gasteiger partial charge in [0, 0.05) is 13.0 Å². The summed E-state index contributed by atoms with van der Waals surface area (Å²) in [7, 11) is 0. The first-order chi connectivity index (χ1) is 5.42. The van der Waals surface area contributed by atoms with Crippen LogP contribution in [0.15, 0.2) is 0 Å². The third-order valence-electron chi connectivity index (χ3n) is 1.82. The monoisotopic (exact) mass is 174 g/mol. The second-order valence-corrected chi connectivity index (χ2v) is 3.22. The minimum atomic E-state index is -1.11. The van der Waals surface area contributed by atoms with Gasteiger partial charge < -0.3 is 10.2 Å². The molecule has 0 aromatic rings. The van der Waals surface area contributed by atoms with Crippen molar-refractivity contribution < 1.29 is 19.8 Å². The average molecular weight is 174 g/mol. The molecule has 0 aromatic heterocycles. The van der Waals surface area contributed by atoms with Crippen LogP contribution in [0.2, 0.25) is 0 Å². The predicted molar refractivity (Wildman–Crippen MR) is 42.7 cm³/mol. The zero-order chi connectivity index (χ0) is 9.78. The van der Waals surface area contributed by atoms with Crippen LogP contribution in [0.5, 0.6) is 0 Å². The summed E-state index contributed by atoms with van der Waals surface area (Å²) >= 11 is 0. The lowest BCUT2D eigenvalue weighted by Crippen LogP contribution is -2.30. The van der Waals surface area contributed by atoms with Crippen molar-refractivity contribution in [1.82, 2.24) is 0 Å². The highest BCUT2D eigenvalue weighted by molar-refractivity contribution is 5.84. The summed E-state index contributed by atoms with van der Waals surface area (Å²) in [5, 5.41) is 17.3. The van der Waals surface area contributed by atoms with Gasteiger partial charge in [-0.05, 0) is 20.3 Å².